The highest BCUT2D eigenvalue weighted by molar-refractivity contribution is 5.51. The van der Waals surface area contributed by atoms with Gasteiger partial charge in [0.15, 0.2) is 17.3 Å². The maximum absolute atomic E-state index is 5.86. The SMILES string of the molecule is CC(C)(C)n1ncnc1COc1cccc2c1OCCO2. The predicted octanol–water partition coefficient (Wildman–Crippen LogP) is 2.38. The molecule has 21 heavy (non-hydrogen) atoms. The van der Waals surface area contributed by atoms with Crippen LogP contribution in [0.5, 0.6) is 17.2 Å². The second-order valence-corrected chi connectivity index (χ2v) is 5.83. The number of fused-ring (bicyclic) bond motifs is 1. The predicted molar refractivity (Wildman–Crippen MR) is 76.8 cm³/mol. The molecule has 6 heteroatoms. The average Bonchev–Trinajstić information content (AvgIpc) is 2.93. The Morgan fingerprint density at radius 3 is 2.86 bits per heavy atom. The Morgan fingerprint density at radius 1 is 1.24 bits per heavy atom. The van der Waals surface area contributed by atoms with E-state index < -0.39 is 0 Å². The lowest BCUT2D eigenvalue weighted by Crippen LogP contribution is -2.26. The number of aromatic nitrogens is 3. The summed E-state index contributed by atoms with van der Waals surface area (Å²) in [6, 6.07) is 5.63. The van der Waals surface area contributed by atoms with Crippen LogP contribution in [0.1, 0.15) is 26.6 Å². The van der Waals surface area contributed by atoms with Gasteiger partial charge in [0.25, 0.3) is 0 Å². The van der Waals surface area contributed by atoms with E-state index in [-0.39, 0.29) is 5.54 Å². The van der Waals surface area contributed by atoms with Gasteiger partial charge >= 0.3 is 0 Å². The number of ether oxygens (including phenoxy) is 3. The highest BCUT2D eigenvalue weighted by Crippen LogP contribution is 2.39. The van der Waals surface area contributed by atoms with Crippen LogP contribution in [0.15, 0.2) is 24.5 Å². The summed E-state index contributed by atoms with van der Waals surface area (Å²) in [7, 11) is 0. The number of nitrogens with zero attached hydrogens (tertiary/aromatic N) is 3. The van der Waals surface area contributed by atoms with Gasteiger partial charge in [-0.05, 0) is 32.9 Å². The molecule has 112 valence electrons. The largest absolute Gasteiger partial charge is 0.486 e. The lowest BCUT2D eigenvalue weighted by Gasteiger charge is -2.22. The molecular weight excluding hydrogens is 270 g/mol. The van der Waals surface area contributed by atoms with E-state index in [1.807, 2.05) is 22.9 Å². The van der Waals surface area contributed by atoms with Crippen molar-refractivity contribution in [3.63, 3.8) is 0 Å². The molecule has 0 unspecified atom stereocenters. The van der Waals surface area contributed by atoms with Crippen molar-refractivity contribution in [2.45, 2.75) is 32.9 Å². The normalized spacial score (nSPS) is 14.0. The monoisotopic (exact) mass is 289 g/mol. The summed E-state index contributed by atoms with van der Waals surface area (Å²) < 4.78 is 18.9. The van der Waals surface area contributed by atoms with Crippen molar-refractivity contribution < 1.29 is 14.2 Å². The molecule has 1 aromatic carbocycles. The Balaban J connectivity index is 1.79. The van der Waals surface area contributed by atoms with Crippen LogP contribution in [0, 0.1) is 0 Å². The van der Waals surface area contributed by atoms with Crippen LogP contribution in [0.25, 0.3) is 0 Å². The highest BCUT2D eigenvalue weighted by atomic mass is 16.6. The van der Waals surface area contributed by atoms with Crippen molar-refractivity contribution in [3.05, 3.63) is 30.4 Å². The smallest absolute Gasteiger partial charge is 0.203 e. The topological polar surface area (TPSA) is 58.4 Å². The first-order valence-corrected chi connectivity index (χ1v) is 6.96. The molecule has 0 spiro atoms. The van der Waals surface area contributed by atoms with Crippen LogP contribution in [-0.4, -0.2) is 28.0 Å². The molecular formula is C15H19N3O3. The fraction of sp³-hybridized carbons (Fsp3) is 0.467. The molecule has 0 saturated carbocycles. The molecule has 3 rings (SSSR count). The molecule has 0 amide bonds. The van der Waals surface area contributed by atoms with E-state index in [2.05, 4.69) is 30.9 Å². The fourth-order valence-electron chi connectivity index (χ4n) is 2.23. The van der Waals surface area contributed by atoms with Crippen LogP contribution in [0.2, 0.25) is 0 Å². The quantitative estimate of drug-likeness (QED) is 0.868. The van der Waals surface area contributed by atoms with Gasteiger partial charge < -0.3 is 14.2 Å². The van der Waals surface area contributed by atoms with Gasteiger partial charge in [-0.25, -0.2) is 9.67 Å². The number of benzene rings is 1. The molecule has 1 aromatic heterocycles. The zero-order chi connectivity index (χ0) is 14.9. The summed E-state index contributed by atoms with van der Waals surface area (Å²) in [4.78, 5) is 4.26. The van der Waals surface area contributed by atoms with Gasteiger partial charge in [0, 0.05) is 0 Å². The van der Waals surface area contributed by atoms with Crippen molar-refractivity contribution in [1.29, 1.82) is 0 Å². The summed E-state index contributed by atoms with van der Waals surface area (Å²) in [5, 5.41) is 4.26. The molecule has 2 aromatic rings. The molecule has 0 atom stereocenters. The van der Waals surface area contributed by atoms with Crippen LogP contribution < -0.4 is 14.2 Å². The summed E-state index contributed by atoms with van der Waals surface area (Å²) in [6.07, 6.45) is 1.55. The van der Waals surface area contributed by atoms with Crippen LogP contribution in [0.3, 0.4) is 0 Å². The van der Waals surface area contributed by atoms with Crippen molar-refractivity contribution in [2.24, 2.45) is 0 Å². The lowest BCUT2D eigenvalue weighted by atomic mass is 10.1. The Morgan fingerprint density at radius 2 is 2.05 bits per heavy atom. The third-order valence-electron chi connectivity index (χ3n) is 3.14. The van der Waals surface area contributed by atoms with Crippen LogP contribution in [0.4, 0.5) is 0 Å². The van der Waals surface area contributed by atoms with E-state index in [4.69, 9.17) is 14.2 Å². The Labute approximate surface area is 123 Å². The van der Waals surface area contributed by atoms with E-state index >= 15 is 0 Å². The summed E-state index contributed by atoms with van der Waals surface area (Å²) in [6.45, 7) is 7.66. The number of hydrogen-bond donors (Lipinski definition) is 0. The summed E-state index contributed by atoms with van der Waals surface area (Å²) >= 11 is 0. The zero-order valence-electron chi connectivity index (χ0n) is 12.5. The zero-order valence-corrected chi connectivity index (χ0v) is 12.5. The molecule has 0 aliphatic carbocycles. The second-order valence-electron chi connectivity index (χ2n) is 5.83. The van der Waals surface area contributed by atoms with E-state index in [1.54, 1.807) is 6.33 Å². The van der Waals surface area contributed by atoms with E-state index in [0.717, 1.165) is 11.6 Å². The molecule has 0 bridgehead atoms. The first kappa shape index (κ1) is 13.7. The summed E-state index contributed by atoms with van der Waals surface area (Å²) in [5.41, 5.74) is -0.134. The third kappa shape index (κ3) is 2.79. The molecule has 2 heterocycles. The van der Waals surface area contributed by atoms with Gasteiger partial charge in [-0.1, -0.05) is 6.07 Å². The van der Waals surface area contributed by atoms with Crippen molar-refractivity contribution in [2.75, 3.05) is 13.2 Å². The highest BCUT2D eigenvalue weighted by Gasteiger charge is 2.20. The number of para-hydroxylation sites is 1. The fourth-order valence-corrected chi connectivity index (χ4v) is 2.23. The molecule has 0 fully saturated rings. The van der Waals surface area contributed by atoms with Gasteiger partial charge in [0.1, 0.15) is 26.1 Å². The Kier molecular flexibility index (Phi) is 3.45. The minimum absolute atomic E-state index is 0.134. The Hall–Kier alpha value is -2.24. The molecule has 0 saturated heterocycles. The van der Waals surface area contributed by atoms with E-state index in [9.17, 15) is 0 Å². The van der Waals surface area contributed by atoms with Crippen LogP contribution >= 0.6 is 0 Å². The van der Waals surface area contributed by atoms with Gasteiger partial charge in [0.05, 0.1) is 5.54 Å². The third-order valence-corrected chi connectivity index (χ3v) is 3.14. The molecule has 6 nitrogen and oxygen atoms in total. The minimum Gasteiger partial charge on any atom is -0.486 e. The van der Waals surface area contributed by atoms with Gasteiger partial charge in [-0.2, -0.15) is 5.10 Å². The number of rotatable bonds is 3. The first-order chi connectivity index (χ1) is 10.1. The maximum atomic E-state index is 5.86. The average molecular weight is 289 g/mol. The molecule has 1 aliphatic rings. The minimum atomic E-state index is -0.134. The van der Waals surface area contributed by atoms with Crippen LogP contribution in [-0.2, 0) is 12.1 Å². The van der Waals surface area contributed by atoms with Crippen molar-refractivity contribution in [3.8, 4) is 17.2 Å². The second kappa shape index (κ2) is 5.27. The standard InChI is InChI=1S/C15H19N3O3/c1-15(2,3)18-13(16-10-17-18)9-21-12-6-4-5-11-14(12)20-8-7-19-11/h4-6,10H,7-9H2,1-3H3. The van der Waals surface area contributed by atoms with Crippen molar-refractivity contribution in [1.82, 2.24) is 14.8 Å². The van der Waals surface area contributed by atoms with Gasteiger partial charge in [0.2, 0.25) is 5.75 Å². The maximum Gasteiger partial charge on any atom is 0.203 e. The summed E-state index contributed by atoms with van der Waals surface area (Å²) in [5.74, 6) is 2.81. The molecule has 1 aliphatic heterocycles. The number of hydrogen-bond acceptors (Lipinski definition) is 5. The van der Waals surface area contributed by atoms with E-state index in [0.29, 0.717) is 31.3 Å². The molecule has 0 N–H and O–H groups in total. The Bertz CT molecular complexity index is 631. The van der Waals surface area contributed by atoms with E-state index in [1.165, 1.54) is 0 Å². The van der Waals surface area contributed by atoms with Gasteiger partial charge in [-0.3, -0.25) is 0 Å². The molecule has 0 radical (unpaired) electrons. The lowest BCUT2D eigenvalue weighted by molar-refractivity contribution is 0.159. The first-order valence-electron chi connectivity index (χ1n) is 6.96. The van der Waals surface area contributed by atoms with Crippen molar-refractivity contribution >= 4 is 0 Å². The van der Waals surface area contributed by atoms with Gasteiger partial charge in [-0.15, -0.1) is 0 Å².